The van der Waals surface area contributed by atoms with Crippen LogP contribution in [0.1, 0.15) is 29.0 Å². The first-order chi connectivity index (χ1) is 13.2. The molecule has 1 aliphatic rings. The zero-order valence-corrected chi connectivity index (χ0v) is 15.9. The smallest absolute Gasteiger partial charge is 0.170 e. The van der Waals surface area contributed by atoms with Gasteiger partial charge in [0.2, 0.25) is 0 Å². The minimum Gasteiger partial charge on any atom is -0.395 e. The first-order valence-electron chi connectivity index (χ1n) is 9.03. The lowest BCUT2D eigenvalue weighted by Gasteiger charge is -2.28. The highest BCUT2D eigenvalue weighted by molar-refractivity contribution is 7.80. The Morgan fingerprint density at radius 3 is 2.67 bits per heavy atom. The fraction of sp³-hybridized carbons (Fsp3) is 0.238. The third kappa shape index (κ3) is 3.22. The van der Waals surface area contributed by atoms with Crippen molar-refractivity contribution in [2.75, 3.05) is 13.2 Å². The quantitative estimate of drug-likeness (QED) is 0.668. The van der Waals surface area contributed by atoms with Gasteiger partial charge in [-0.2, -0.15) is 0 Å². The predicted molar refractivity (Wildman–Crippen MR) is 110 cm³/mol. The third-order valence-electron chi connectivity index (χ3n) is 5.00. The SMILES string of the molecule is Cc1ccccc1-n1cccc1[C@H]1[C@@H](c2ccccn2)NC(=S)N1CCO. The molecular weight excluding hydrogens is 356 g/mol. The number of hydrogen-bond acceptors (Lipinski definition) is 3. The summed E-state index contributed by atoms with van der Waals surface area (Å²) in [5.41, 5.74) is 4.38. The van der Waals surface area contributed by atoms with Crippen LogP contribution >= 0.6 is 12.2 Å². The Balaban J connectivity index is 1.83. The molecule has 0 spiro atoms. The highest BCUT2D eigenvalue weighted by Crippen LogP contribution is 2.39. The molecule has 1 aromatic carbocycles. The van der Waals surface area contributed by atoms with Crippen LogP contribution < -0.4 is 5.32 Å². The molecule has 5 nitrogen and oxygen atoms in total. The largest absolute Gasteiger partial charge is 0.395 e. The molecular formula is C21H22N4OS. The molecule has 0 unspecified atom stereocenters. The third-order valence-corrected chi connectivity index (χ3v) is 5.35. The van der Waals surface area contributed by atoms with E-state index in [4.69, 9.17) is 12.2 Å². The van der Waals surface area contributed by atoms with Crippen LogP contribution in [0.2, 0.25) is 0 Å². The van der Waals surface area contributed by atoms with Crippen LogP contribution in [0.25, 0.3) is 5.69 Å². The summed E-state index contributed by atoms with van der Waals surface area (Å²) >= 11 is 5.59. The number of pyridine rings is 1. The number of aliphatic hydroxyl groups excluding tert-OH is 1. The van der Waals surface area contributed by atoms with Crippen LogP contribution in [0.5, 0.6) is 0 Å². The molecule has 2 aromatic heterocycles. The van der Waals surface area contributed by atoms with Crippen LogP contribution in [0.15, 0.2) is 67.0 Å². The van der Waals surface area contributed by atoms with Crippen molar-refractivity contribution in [3.8, 4) is 5.69 Å². The van der Waals surface area contributed by atoms with E-state index in [-0.39, 0.29) is 18.7 Å². The standard InChI is InChI=1S/C21H22N4OS/c1-15-7-2-3-9-17(15)24-12-6-10-18(24)20-19(16-8-4-5-11-22-16)23-21(27)25(20)13-14-26/h2-12,19-20,26H,13-14H2,1H3,(H,23,27)/t19-,20+/m1/s1. The number of rotatable bonds is 5. The molecule has 2 N–H and O–H groups in total. The number of nitrogens with zero attached hydrogens (tertiary/aromatic N) is 3. The van der Waals surface area contributed by atoms with Gasteiger partial charge in [-0.3, -0.25) is 4.98 Å². The molecule has 1 fully saturated rings. The summed E-state index contributed by atoms with van der Waals surface area (Å²) in [5, 5.41) is 13.6. The minimum atomic E-state index is -0.0806. The maximum atomic E-state index is 9.60. The Hall–Kier alpha value is -2.70. The molecule has 0 saturated carbocycles. The van der Waals surface area contributed by atoms with Crippen molar-refractivity contribution in [3.63, 3.8) is 0 Å². The van der Waals surface area contributed by atoms with Gasteiger partial charge >= 0.3 is 0 Å². The van der Waals surface area contributed by atoms with E-state index >= 15 is 0 Å². The van der Waals surface area contributed by atoms with Crippen molar-refractivity contribution in [2.24, 2.45) is 0 Å². The maximum Gasteiger partial charge on any atom is 0.170 e. The predicted octanol–water partition coefficient (Wildman–Crippen LogP) is 3.15. The monoisotopic (exact) mass is 378 g/mol. The highest BCUT2D eigenvalue weighted by Gasteiger charge is 2.40. The summed E-state index contributed by atoms with van der Waals surface area (Å²) in [6.07, 6.45) is 3.87. The lowest BCUT2D eigenvalue weighted by atomic mass is 10.0. The number of β-amino-alcohol motifs (C(OH)–C–C–N with tert-alkyl or cyclic N) is 1. The molecule has 4 rings (SSSR count). The van der Waals surface area contributed by atoms with Gasteiger partial charge in [-0.05, 0) is 55.0 Å². The van der Waals surface area contributed by atoms with Gasteiger partial charge in [-0.15, -0.1) is 0 Å². The number of benzene rings is 1. The van der Waals surface area contributed by atoms with E-state index in [2.05, 4.69) is 57.2 Å². The Labute approximate surface area is 164 Å². The molecule has 27 heavy (non-hydrogen) atoms. The van der Waals surface area contributed by atoms with E-state index < -0.39 is 0 Å². The minimum absolute atomic E-state index is 0.0400. The topological polar surface area (TPSA) is 53.3 Å². The first kappa shape index (κ1) is 17.7. The van der Waals surface area contributed by atoms with Crippen molar-refractivity contribution in [1.82, 2.24) is 19.8 Å². The molecule has 3 heterocycles. The van der Waals surface area contributed by atoms with Crippen molar-refractivity contribution in [1.29, 1.82) is 0 Å². The van der Waals surface area contributed by atoms with Crippen LogP contribution in [0.4, 0.5) is 0 Å². The molecule has 0 aliphatic carbocycles. The first-order valence-corrected chi connectivity index (χ1v) is 9.43. The molecule has 0 bridgehead atoms. The molecule has 1 aliphatic heterocycles. The normalized spacial score (nSPS) is 19.3. The van der Waals surface area contributed by atoms with E-state index in [1.54, 1.807) is 6.20 Å². The number of thiocarbonyl (C=S) groups is 1. The Morgan fingerprint density at radius 2 is 1.93 bits per heavy atom. The van der Waals surface area contributed by atoms with Crippen molar-refractivity contribution < 1.29 is 5.11 Å². The second-order valence-electron chi connectivity index (χ2n) is 6.63. The summed E-state index contributed by atoms with van der Waals surface area (Å²) in [6.45, 7) is 2.62. The summed E-state index contributed by atoms with van der Waals surface area (Å²) in [6, 6.07) is 18.3. The summed E-state index contributed by atoms with van der Waals surface area (Å²) in [4.78, 5) is 6.60. The molecule has 2 atom stereocenters. The second kappa shape index (κ2) is 7.50. The van der Waals surface area contributed by atoms with Gasteiger partial charge in [0.25, 0.3) is 0 Å². The molecule has 1 saturated heterocycles. The Morgan fingerprint density at radius 1 is 1.11 bits per heavy atom. The molecule has 3 aromatic rings. The van der Waals surface area contributed by atoms with E-state index in [1.165, 1.54) is 5.56 Å². The van der Waals surface area contributed by atoms with E-state index in [1.807, 2.05) is 30.3 Å². The number of hydrogen-bond donors (Lipinski definition) is 2. The van der Waals surface area contributed by atoms with Crippen molar-refractivity contribution in [2.45, 2.75) is 19.0 Å². The van der Waals surface area contributed by atoms with Crippen LogP contribution in [-0.4, -0.2) is 37.8 Å². The van der Waals surface area contributed by atoms with Crippen LogP contribution in [-0.2, 0) is 0 Å². The lowest BCUT2D eigenvalue weighted by Crippen LogP contribution is -2.33. The summed E-state index contributed by atoms with van der Waals surface area (Å²) in [5.74, 6) is 0. The fourth-order valence-electron chi connectivity index (χ4n) is 3.76. The number of nitrogens with one attached hydrogen (secondary N) is 1. The van der Waals surface area contributed by atoms with Gasteiger partial charge in [-0.25, -0.2) is 0 Å². The van der Waals surface area contributed by atoms with E-state index in [9.17, 15) is 5.11 Å². The number of para-hydroxylation sites is 1. The van der Waals surface area contributed by atoms with E-state index in [0.29, 0.717) is 11.7 Å². The van der Waals surface area contributed by atoms with E-state index in [0.717, 1.165) is 17.1 Å². The molecule has 0 radical (unpaired) electrons. The van der Waals surface area contributed by atoms with Gasteiger partial charge < -0.3 is 19.9 Å². The van der Waals surface area contributed by atoms with Gasteiger partial charge in [0, 0.05) is 30.3 Å². The van der Waals surface area contributed by atoms with Gasteiger partial charge in [0.1, 0.15) is 0 Å². The molecule has 6 heteroatoms. The fourth-order valence-corrected chi connectivity index (χ4v) is 4.10. The molecule has 0 amide bonds. The number of aromatic nitrogens is 2. The Kier molecular flexibility index (Phi) is 4.92. The van der Waals surface area contributed by atoms with Gasteiger partial charge in [-0.1, -0.05) is 24.3 Å². The number of aryl methyl sites for hydroxylation is 1. The van der Waals surface area contributed by atoms with Gasteiger partial charge in [0.05, 0.1) is 24.4 Å². The maximum absolute atomic E-state index is 9.60. The molecule has 138 valence electrons. The Bertz CT molecular complexity index is 940. The average Bonchev–Trinajstić information content (AvgIpc) is 3.28. The lowest BCUT2D eigenvalue weighted by molar-refractivity contribution is 0.220. The average molecular weight is 379 g/mol. The highest BCUT2D eigenvalue weighted by atomic mass is 32.1. The van der Waals surface area contributed by atoms with Crippen LogP contribution in [0, 0.1) is 6.92 Å². The van der Waals surface area contributed by atoms with Gasteiger partial charge in [0.15, 0.2) is 5.11 Å². The summed E-state index contributed by atoms with van der Waals surface area (Å²) in [7, 11) is 0. The second-order valence-corrected chi connectivity index (χ2v) is 7.02. The van der Waals surface area contributed by atoms with Crippen molar-refractivity contribution in [3.05, 3.63) is 83.9 Å². The number of aliphatic hydroxyl groups is 1. The van der Waals surface area contributed by atoms with Crippen LogP contribution in [0.3, 0.4) is 0 Å². The zero-order valence-electron chi connectivity index (χ0n) is 15.1. The zero-order chi connectivity index (χ0) is 18.8. The van der Waals surface area contributed by atoms with Crippen molar-refractivity contribution >= 4 is 17.3 Å². The summed E-state index contributed by atoms with van der Waals surface area (Å²) < 4.78 is 2.20.